The van der Waals surface area contributed by atoms with E-state index in [0.29, 0.717) is 0 Å². The van der Waals surface area contributed by atoms with Gasteiger partial charge in [0, 0.05) is 19.6 Å². The van der Waals surface area contributed by atoms with Crippen LogP contribution >= 0.6 is 0 Å². The molecule has 1 aliphatic heterocycles. The first-order valence-corrected chi connectivity index (χ1v) is 3.63. The Morgan fingerprint density at radius 3 is 2.80 bits per heavy atom. The highest BCUT2D eigenvalue weighted by Crippen LogP contribution is 2.14. The van der Waals surface area contributed by atoms with E-state index < -0.39 is 0 Å². The molecule has 1 aliphatic rings. The highest BCUT2D eigenvalue weighted by atomic mass is 16.2. The number of nitrogens with zero attached hydrogens (tertiary/aromatic N) is 1. The molecule has 1 heterocycles. The van der Waals surface area contributed by atoms with Crippen molar-refractivity contribution in [2.45, 2.75) is 19.4 Å². The summed E-state index contributed by atoms with van der Waals surface area (Å²) in [4.78, 5) is 12.9. The molecule has 10 heavy (non-hydrogen) atoms. The van der Waals surface area contributed by atoms with E-state index >= 15 is 0 Å². The number of carbonyl (C=O) groups excluding carboxylic acids is 1. The lowest BCUT2D eigenvalue weighted by atomic mass is 9.94. The highest BCUT2D eigenvalue weighted by molar-refractivity contribution is 5.79. The number of hydrogen-bond donors (Lipinski definition) is 1. The van der Waals surface area contributed by atoms with Crippen molar-refractivity contribution >= 4 is 5.91 Å². The highest BCUT2D eigenvalue weighted by Gasteiger charge is 2.28. The van der Waals surface area contributed by atoms with Gasteiger partial charge in [0.1, 0.15) is 0 Å². The van der Waals surface area contributed by atoms with Gasteiger partial charge in [-0.1, -0.05) is 6.92 Å². The number of piperidine rings is 1. The topological polar surface area (TPSA) is 46.3 Å². The van der Waals surface area contributed by atoms with Gasteiger partial charge in [-0.25, -0.2) is 0 Å². The summed E-state index contributed by atoms with van der Waals surface area (Å²) in [5.41, 5.74) is 5.68. The zero-order valence-electron chi connectivity index (χ0n) is 6.50. The van der Waals surface area contributed by atoms with E-state index in [0.717, 1.165) is 13.0 Å². The zero-order valence-corrected chi connectivity index (χ0v) is 6.50. The van der Waals surface area contributed by atoms with Crippen molar-refractivity contribution in [2.75, 3.05) is 13.6 Å². The molecule has 3 heteroatoms. The Bertz CT molecular complexity index is 147. The second kappa shape index (κ2) is 2.58. The quantitative estimate of drug-likeness (QED) is 0.509. The Hall–Kier alpha value is -0.570. The van der Waals surface area contributed by atoms with Crippen LogP contribution in [0.3, 0.4) is 0 Å². The maximum atomic E-state index is 11.2. The molecule has 3 nitrogen and oxygen atoms in total. The second-order valence-electron chi connectivity index (χ2n) is 3.00. The van der Waals surface area contributed by atoms with Crippen molar-refractivity contribution in [1.29, 1.82) is 0 Å². The predicted molar refractivity (Wildman–Crippen MR) is 39.4 cm³/mol. The van der Waals surface area contributed by atoms with Crippen LogP contribution in [0.15, 0.2) is 0 Å². The van der Waals surface area contributed by atoms with E-state index in [1.54, 1.807) is 4.90 Å². The van der Waals surface area contributed by atoms with Gasteiger partial charge in [0.2, 0.25) is 5.91 Å². The van der Waals surface area contributed by atoms with Crippen molar-refractivity contribution in [2.24, 2.45) is 11.7 Å². The smallest absolute Gasteiger partial charge is 0.226 e. The molecule has 1 fully saturated rings. The van der Waals surface area contributed by atoms with E-state index in [1.165, 1.54) is 0 Å². The fourth-order valence-corrected chi connectivity index (χ4v) is 1.23. The minimum absolute atomic E-state index is 0.0127. The maximum Gasteiger partial charge on any atom is 0.226 e. The lowest BCUT2D eigenvalue weighted by Crippen LogP contribution is -2.48. The van der Waals surface area contributed by atoms with Gasteiger partial charge in [-0.3, -0.25) is 4.79 Å². The Labute approximate surface area is 61.2 Å². The molecule has 2 atom stereocenters. The van der Waals surface area contributed by atoms with Gasteiger partial charge in [0.25, 0.3) is 0 Å². The van der Waals surface area contributed by atoms with E-state index in [-0.39, 0.29) is 17.9 Å². The third-order valence-corrected chi connectivity index (χ3v) is 2.21. The van der Waals surface area contributed by atoms with Crippen molar-refractivity contribution in [3.05, 3.63) is 0 Å². The first-order valence-electron chi connectivity index (χ1n) is 3.63. The third kappa shape index (κ3) is 1.14. The van der Waals surface area contributed by atoms with Crippen LogP contribution < -0.4 is 5.73 Å². The van der Waals surface area contributed by atoms with Crippen LogP contribution in [-0.2, 0) is 4.79 Å². The Kier molecular flexibility index (Phi) is 1.94. The van der Waals surface area contributed by atoms with Crippen molar-refractivity contribution in [1.82, 2.24) is 4.90 Å². The van der Waals surface area contributed by atoms with Gasteiger partial charge in [-0.15, -0.1) is 0 Å². The summed E-state index contributed by atoms with van der Waals surface area (Å²) in [5, 5.41) is 0. The molecule has 0 saturated carbocycles. The standard InChI is InChI=1S/C7H14N2O/c1-5-6(8)3-4-9(2)7(5)10/h5-6H,3-4,8H2,1-2H3. The molecule has 58 valence electrons. The van der Waals surface area contributed by atoms with Crippen LogP contribution in [-0.4, -0.2) is 30.4 Å². The molecule has 2 unspecified atom stereocenters. The summed E-state index contributed by atoms with van der Waals surface area (Å²) >= 11 is 0. The molecule has 1 amide bonds. The molecule has 1 rings (SSSR count). The Morgan fingerprint density at radius 2 is 2.30 bits per heavy atom. The van der Waals surface area contributed by atoms with Gasteiger partial charge in [0.15, 0.2) is 0 Å². The van der Waals surface area contributed by atoms with Crippen LogP contribution in [0.25, 0.3) is 0 Å². The summed E-state index contributed by atoms with van der Waals surface area (Å²) < 4.78 is 0. The molecule has 2 N–H and O–H groups in total. The Morgan fingerprint density at radius 1 is 1.70 bits per heavy atom. The van der Waals surface area contributed by atoms with Crippen molar-refractivity contribution in [3.63, 3.8) is 0 Å². The minimum Gasteiger partial charge on any atom is -0.345 e. The van der Waals surface area contributed by atoms with Crippen LogP contribution in [0, 0.1) is 5.92 Å². The molecule has 0 aromatic heterocycles. The number of nitrogens with two attached hydrogens (primary N) is 1. The fourth-order valence-electron chi connectivity index (χ4n) is 1.23. The van der Waals surface area contributed by atoms with Crippen LogP contribution in [0.2, 0.25) is 0 Å². The molecule has 0 spiro atoms. The molecule has 0 radical (unpaired) electrons. The Balaban J connectivity index is 2.60. The summed E-state index contributed by atoms with van der Waals surface area (Å²) in [6, 6.07) is 0.0729. The molecule has 1 saturated heterocycles. The number of rotatable bonds is 0. The predicted octanol–water partition coefficient (Wildman–Crippen LogP) is -0.188. The summed E-state index contributed by atoms with van der Waals surface area (Å²) in [6.45, 7) is 2.70. The van der Waals surface area contributed by atoms with Gasteiger partial charge >= 0.3 is 0 Å². The van der Waals surface area contributed by atoms with Gasteiger partial charge in [-0.2, -0.15) is 0 Å². The monoisotopic (exact) mass is 142 g/mol. The van der Waals surface area contributed by atoms with Gasteiger partial charge < -0.3 is 10.6 Å². The molecular formula is C7H14N2O. The largest absolute Gasteiger partial charge is 0.345 e. The number of hydrogen-bond acceptors (Lipinski definition) is 2. The average Bonchev–Trinajstić information content (AvgIpc) is 1.93. The maximum absolute atomic E-state index is 11.2. The molecule has 0 bridgehead atoms. The van der Waals surface area contributed by atoms with E-state index in [4.69, 9.17) is 5.73 Å². The minimum atomic E-state index is 0.0127. The normalized spacial score (nSPS) is 34.7. The molecular weight excluding hydrogens is 128 g/mol. The zero-order chi connectivity index (χ0) is 7.72. The van der Waals surface area contributed by atoms with Crippen LogP contribution in [0.1, 0.15) is 13.3 Å². The molecule has 0 aromatic carbocycles. The SMILES string of the molecule is CC1C(=O)N(C)CCC1N. The van der Waals surface area contributed by atoms with Gasteiger partial charge in [0.05, 0.1) is 5.92 Å². The van der Waals surface area contributed by atoms with Crippen LogP contribution in [0.5, 0.6) is 0 Å². The summed E-state index contributed by atoms with van der Waals surface area (Å²) in [6.07, 6.45) is 0.934. The average molecular weight is 142 g/mol. The number of likely N-dealkylation sites (tertiary alicyclic amines) is 1. The second-order valence-corrected chi connectivity index (χ2v) is 3.00. The summed E-state index contributed by atoms with van der Waals surface area (Å²) in [7, 11) is 1.82. The van der Waals surface area contributed by atoms with Crippen LogP contribution in [0.4, 0.5) is 0 Å². The van der Waals surface area contributed by atoms with E-state index in [2.05, 4.69) is 0 Å². The van der Waals surface area contributed by atoms with Crippen molar-refractivity contribution in [3.8, 4) is 0 Å². The van der Waals surface area contributed by atoms with Crippen molar-refractivity contribution < 1.29 is 4.79 Å². The summed E-state index contributed by atoms with van der Waals surface area (Å²) in [5.74, 6) is 0.192. The number of amides is 1. The lowest BCUT2D eigenvalue weighted by molar-refractivity contribution is -0.136. The fraction of sp³-hybridized carbons (Fsp3) is 0.857. The number of carbonyl (C=O) groups is 1. The third-order valence-electron chi connectivity index (χ3n) is 2.21. The van der Waals surface area contributed by atoms with Gasteiger partial charge in [-0.05, 0) is 6.42 Å². The first-order chi connectivity index (χ1) is 4.63. The van der Waals surface area contributed by atoms with E-state index in [1.807, 2.05) is 14.0 Å². The first kappa shape index (κ1) is 7.54. The molecule has 0 aromatic rings. The van der Waals surface area contributed by atoms with E-state index in [9.17, 15) is 4.79 Å². The molecule has 0 aliphatic carbocycles. The lowest BCUT2D eigenvalue weighted by Gasteiger charge is -2.31.